The van der Waals surface area contributed by atoms with Crippen molar-refractivity contribution in [2.45, 2.75) is 39.7 Å². The molecule has 4 heteroatoms. The number of carbonyl (C=O) groups is 1. The lowest BCUT2D eigenvalue weighted by Gasteiger charge is -2.29. The Kier molecular flexibility index (Phi) is 5.50. The van der Waals surface area contributed by atoms with E-state index >= 15 is 0 Å². The summed E-state index contributed by atoms with van der Waals surface area (Å²) in [6.45, 7) is 7.83. The SMILES string of the molecule is CCOC(=O)C(C)(Cc1ccc(O)cc1)Oc1ccc(C)c(C)c1. The second-order valence-electron chi connectivity index (χ2n) is 6.14. The van der Waals surface area contributed by atoms with Crippen molar-refractivity contribution in [1.29, 1.82) is 0 Å². The maximum absolute atomic E-state index is 12.5. The van der Waals surface area contributed by atoms with E-state index in [-0.39, 0.29) is 5.75 Å². The van der Waals surface area contributed by atoms with Gasteiger partial charge in [-0.1, -0.05) is 18.2 Å². The molecule has 0 radical (unpaired) electrons. The Bertz CT molecular complexity index is 706. The number of hydrogen-bond donors (Lipinski definition) is 1. The van der Waals surface area contributed by atoms with Crippen LogP contribution < -0.4 is 4.74 Å². The predicted molar refractivity (Wildman–Crippen MR) is 93.4 cm³/mol. The second kappa shape index (κ2) is 7.39. The second-order valence-corrected chi connectivity index (χ2v) is 6.14. The smallest absolute Gasteiger partial charge is 0.350 e. The molecule has 0 bridgehead atoms. The van der Waals surface area contributed by atoms with Gasteiger partial charge in [-0.05, 0) is 68.7 Å². The molecule has 1 atom stereocenters. The van der Waals surface area contributed by atoms with Gasteiger partial charge in [0.15, 0.2) is 0 Å². The lowest BCUT2D eigenvalue weighted by molar-refractivity contribution is -0.160. The topological polar surface area (TPSA) is 55.8 Å². The van der Waals surface area contributed by atoms with E-state index in [1.165, 1.54) is 5.56 Å². The van der Waals surface area contributed by atoms with Crippen molar-refractivity contribution < 1.29 is 19.4 Å². The first kappa shape index (κ1) is 17.9. The third-order valence-corrected chi connectivity index (χ3v) is 4.01. The van der Waals surface area contributed by atoms with Gasteiger partial charge in [0.25, 0.3) is 0 Å². The number of phenols is 1. The number of ether oxygens (including phenoxy) is 2. The molecule has 0 heterocycles. The van der Waals surface area contributed by atoms with Crippen LogP contribution in [0.4, 0.5) is 0 Å². The largest absolute Gasteiger partial charge is 0.508 e. The molecule has 0 aromatic heterocycles. The maximum Gasteiger partial charge on any atom is 0.350 e. The Morgan fingerprint density at radius 3 is 2.33 bits per heavy atom. The number of carbonyl (C=O) groups excluding carboxylic acids is 1. The number of esters is 1. The van der Waals surface area contributed by atoms with Crippen LogP contribution in [0.1, 0.15) is 30.5 Å². The molecular weight excluding hydrogens is 304 g/mol. The fraction of sp³-hybridized carbons (Fsp3) is 0.350. The van der Waals surface area contributed by atoms with Crippen LogP contribution in [0.25, 0.3) is 0 Å². The molecule has 0 saturated carbocycles. The van der Waals surface area contributed by atoms with Crippen LogP contribution in [0.5, 0.6) is 11.5 Å². The zero-order valence-corrected chi connectivity index (χ0v) is 14.6. The normalized spacial score (nSPS) is 13.2. The van der Waals surface area contributed by atoms with Crippen LogP contribution in [0.2, 0.25) is 0 Å². The highest BCUT2D eigenvalue weighted by Gasteiger charge is 2.37. The Hall–Kier alpha value is -2.49. The first-order valence-electron chi connectivity index (χ1n) is 8.05. The van der Waals surface area contributed by atoms with Crippen LogP contribution in [0.15, 0.2) is 42.5 Å². The summed E-state index contributed by atoms with van der Waals surface area (Å²) in [6, 6.07) is 12.5. The van der Waals surface area contributed by atoms with E-state index in [1.807, 2.05) is 32.0 Å². The van der Waals surface area contributed by atoms with Crippen molar-refractivity contribution in [1.82, 2.24) is 0 Å². The molecule has 2 aromatic rings. The maximum atomic E-state index is 12.5. The van der Waals surface area contributed by atoms with E-state index in [4.69, 9.17) is 9.47 Å². The number of phenolic OH excluding ortho intramolecular Hbond substituents is 1. The molecule has 4 nitrogen and oxygen atoms in total. The van der Waals surface area contributed by atoms with E-state index in [0.29, 0.717) is 18.8 Å². The Labute approximate surface area is 143 Å². The molecule has 128 valence electrons. The Morgan fingerprint density at radius 2 is 1.75 bits per heavy atom. The van der Waals surface area contributed by atoms with E-state index in [1.54, 1.807) is 38.1 Å². The third kappa shape index (κ3) is 4.28. The first-order chi connectivity index (χ1) is 11.3. The molecular formula is C20H24O4. The van der Waals surface area contributed by atoms with Crippen LogP contribution in [0.3, 0.4) is 0 Å². The van der Waals surface area contributed by atoms with Gasteiger partial charge in [0.05, 0.1) is 6.61 Å². The lowest BCUT2D eigenvalue weighted by Crippen LogP contribution is -2.45. The van der Waals surface area contributed by atoms with Gasteiger partial charge in [0.1, 0.15) is 11.5 Å². The summed E-state index contributed by atoms with van der Waals surface area (Å²) in [5.41, 5.74) is 2.00. The van der Waals surface area contributed by atoms with Crippen LogP contribution in [0, 0.1) is 13.8 Å². The van der Waals surface area contributed by atoms with Crippen LogP contribution in [-0.4, -0.2) is 23.3 Å². The summed E-state index contributed by atoms with van der Waals surface area (Å²) < 4.78 is 11.3. The number of hydrogen-bond acceptors (Lipinski definition) is 4. The quantitative estimate of drug-likeness (QED) is 0.816. The van der Waals surface area contributed by atoms with Gasteiger partial charge < -0.3 is 14.6 Å². The van der Waals surface area contributed by atoms with Crippen molar-refractivity contribution in [2.75, 3.05) is 6.61 Å². The highest BCUT2D eigenvalue weighted by Crippen LogP contribution is 2.26. The highest BCUT2D eigenvalue weighted by molar-refractivity contribution is 5.80. The molecule has 0 saturated heterocycles. The van der Waals surface area contributed by atoms with Gasteiger partial charge in [0.2, 0.25) is 5.60 Å². The predicted octanol–water partition coefficient (Wildman–Crippen LogP) is 3.95. The van der Waals surface area contributed by atoms with E-state index in [9.17, 15) is 9.90 Å². The molecule has 1 N–H and O–H groups in total. The van der Waals surface area contributed by atoms with E-state index in [2.05, 4.69) is 0 Å². The molecule has 2 rings (SSSR count). The zero-order chi connectivity index (χ0) is 17.7. The lowest BCUT2D eigenvalue weighted by atomic mass is 9.96. The van der Waals surface area contributed by atoms with Gasteiger partial charge in [-0.2, -0.15) is 0 Å². The minimum Gasteiger partial charge on any atom is -0.508 e. The van der Waals surface area contributed by atoms with Gasteiger partial charge in [-0.25, -0.2) is 4.79 Å². The monoisotopic (exact) mass is 328 g/mol. The van der Waals surface area contributed by atoms with E-state index < -0.39 is 11.6 Å². The number of aryl methyl sites for hydroxylation is 2. The highest BCUT2D eigenvalue weighted by atomic mass is 16.6. The third-order valence-electron chi connectivity index (χ3n) is 4.01. The molecule has 2 aromatic carbocycles. The molecule has 1 unspecified atom stereocenters. The van der Waals surface area contributed by atoms with Crippen molar-refractivity contribution in [3.8, 4) is 11.5 Å². The molecule has 0 spiro atoms. The number of rotatable bonds is 6. The number of aromatic hydroxyl groups is 1. The summed E-state index contributed by atoms with van der Waals surface area (Å²) in [7, 11) is 0. The zero-order valence-electron chi connectivity index (χ0n) is 14.6. The van der Waals surface area contributed by atoms with Crippen molar-refractivity contribution in [3.05, 3.63) is 59.2 Å². The minimum absolute atomic E-state index is 0.187. The summed E-state index contributed by atoms with van der Waals surface area (Å²) in [5.74, 6) is 0.412. The van der Waals surface area contributed by atoms with Gasteiger partial charge in [-0.15, -0.1) is 0 Å². The fourth-order valence-corrected chi connectivity index (χ4v) is 2.47. The average molecular weight is 328 g/mol. The summed E-state index contributed by atoms with van der Waals surface area (Å²) in [4.78, 5) is 12.5. The average Bonchev–Trinajstić information content (AvgIpc) is 2.53. The molecule has 0 aliphatic heterocycles. The molecule has 0 aliphatic rings. The van der Waals surface area contributed by atoms with Gasteiger partial charge in [0, 0.05) is 6.42 Å². The van der Waals surface area contributed by atoms with Crippen LogP contribution in [-0.2, 0) is 16.0 Å². The van der Waals surface area contributed by atoms with Crippen molar-refractivity contribution >= 4 is 5.97 Å². The molecule has 0 amide bonds. The Morgan fingerprint density at radius 1 is 1.08 bits per heavy atom. The molecule has 0 aliphatic carbocycles. The summed E-state index contributed by atoms with van der Waals surface area (Å²) in [5, 5.41) is 9.42. The number of benzene rings is 2. The minimum atomic E-state index is -1.14. The Balaban J connectivity index is 2.29. The van der Waals surface area contributed by atoms with Crippen molar-refractivity contribution in [3.63, 3.8) is 0 Å². The fourth-order valence-electron chi connectivity index (χ4n) is 2.47. The van der Waals surface area contributed by atoms with Gasteiger partial charge >= 0.3 is 5.97 Å². The summed E-state index contributed by atoms with van der Waals surface area (Å²) >= 11 is 0. The first-order valence-corrected chi connectivity index (χ1v) is 8.05. The summed E-state index contributed by atoms with van der Waals surface area (Å²) in [6.07, 6.45) is 0.346. The van der Waals surface area contributed by atoms with Gasteiger partial charge in [-0.3, -0.25) is 0 Å². The van der Waals surface area contributed by atoms with Crippen LogP contribution >= 0.6 is 0 Å². The van der Waals surface area contributed by atoms with E-state index in [0.717, 1.165) is 11.1 Å². The van der Waals surface area contributed by atoms with Crippen molar-refractivity contribution in [2.24, 2.45) is 0 Å². The standard InChI is InChI=1S/C20H24O4/c1-5-23-19(22)20(4,13-16-7-9-17(21)10-8-16)24-18-11-6-14(2)15(3)12-18/h6-12,21H,5,13H2,1-4H3. The molecule has 0 fully saturated rings. The molecule has 24 heavy (non-hydrogen) atoms.